The summed E-state index contributed by atoms with van der Waals surface area (Å²) in [7, 11) is 0. The topological polar surface area (TPSA) is 46.2 Å². The summed E-state index contributed by atoms with van der Waals surface area (Å²) in [5.74, 6) is 0.349. The van der Waals surface area contributed by atoms with Gasteiger partial charge in [-0.3, -0.25) is 0 Å². The monoisotopic (exact) mass is 195 g/mol. The fourth-order valence-electron chi connectivity index (χ4n) is 1.54. The number of thioether (sulfide) groups is 1. The molecule has 0 atom stereocenters. The van der Waals surface area contributed by atoms with Crippen LogP contribution >= 0.6 is 11.8 Å². The molecule has 1 aromatic carbocycles. The molecule has 70 valence electrons. The van der Waals surface area contributed by atoms with E-state index in [0.717, 1.165) is 23.3 Å². The molecular formula is C10H13NOS. The number of rotatable bonds is 2. The molecule has 1 aliphatic carbocycles. The zero-order chi connectivity index (χ0) is 9.47. The quantitative estimate of drug-likeness (QED) is 0.710. The highest BCUT2D eigenvalue weighted by atomic mass is 32.2. The lowest BCUT2D eigenvalue weighted by Gasteiger charge is -2.14. The Balaban J connectivity index is 2.50. The summed E-state index contributed by atoms with van der Waals surface area (Å²) < 4.78 is 0. The minimum Gasteiger partial charge on any atom is -0.507 e. The van der Waals surface area contributed by atoms with Crippen LogP contribution in [0, 0.1) is 0 Å². The van der Waals surface area contributed by atoms with Gasteiger partial charge in [0.2, 0.25) is 0 Å². The van der Waals surface area contributed by atoms with E-state index in [-0.39, 0.29) is 5.54 Å². The van der Waals surface area contributed by atoms with E-state index in [1.165, 1.54) is 0 Å². The molecule has 1 fully saturated rings. The molecule has 0 aromatic heterocycles. The molecule has 13 heavy (non-hydrogen) atoms. The molecule has 2 nitrogen and oxygen atoms in total. The second kappa shape index (κ2) is 2.93. The Morgan fingerprint density at radius 1 is 1.46 bits per heavy atom. The third-order valence-electron chi connectivity index (χ3n) is 2.52. The number of hydrogen-bond acceptors (Lipinski definition) is 3. The van der Waals surface area contributed by atoms with Crippen LogP contribution in [0.3, 0.4) is 0 Å². The maximum Gasteiger partial charge on any atom is 0.129 e. The number of benzene rings is 1. The van der Waals surface area contributed by atoms with Crippen molar-refractivity contribution in [2.75, 3.05) is 6.26 Å². The third kappa shape index (κ3) is 1.42. The van der Waals surface area contributed by atoms with Crippen molar-refractivity contribution in [3.05, 3.63) is 23.8 Å². The normalized spacial score (nSPS) is 18.6. The van der Waals surface area contributed by atoms with Gasteiger partial charge in [0.25, 0.3) is 0 Å². The predicted octanol–water partition coefficient (Wildman–Crippen LogP) is 2.06. The van der Waals surface area contributed by atoms with Crippen LogP contribution in [0.4, 0.5) is 0 Å². The number of aromatic hydroxyl groups is 1. The van der Waals surface area contributed by atoms with Crippen LogP contribution in [0.25, 0.3) is 0 Å². The molecule has 2 rings (SSSR count). The van der Waals surface area contributed by atoms with Gasteiger partial charge in [0.15, 0.2) is 0 Å². The highest BCUT2D eigenvalue weighted by Gasteiger charge is 2.41. The summed E-state index contributed by atoms with van der Waals surface area (Å²) in [5, 5.41) is 9.61. The molecule has 1 saturated carbocycles. The smallest absolute Gasteiger partial charge is 0.129 e. The minimum atomic E-state index is -0.156. The first kappa shape index (κ1) is 8.91. The summed E-state index contributed by atoms with van der Waals surface area (Å²) >= 11 is 1.56. The first-order valence-corrected chi connectivity index (χ1v) is 5.55. The number of hydrogen-bond donors (Lipinski definition) is 2. The highest BCUT2D eigenvalue weighted by Crippen LogP contribution is 2.47. The van der Waals surface area contributed by atoms with Gasteiger partial charge >= 0.3 is 0 Å². The van der Waals surface area contributed by atoms with Crippen molar-refractivity contribution in [3.63, 3.8) is 0 Å². The molecule has 1 aromatic rings. The van der Waals surface area contributed by atoms with Crippen LogP contribution in [-0.4, -0.2) is 11.4 Å². The van der Waals surface area contributed by atoms with Gasteiger partial charge in [-0.25, -0.2) is 0 Å². The summed E-state index contributed by atoms with van der Waals surface area (Å²) in [6, 6.07) is 5.58. The van der Waals surface area contributed by atoms with Crippen molar-refractivity contribution in [2.24, 2.45) is 5.73 Å². The van der Waals surface area contributed by atoms with Gasteiger partial charge in [0.05, 0.1) is 4.90 Å². The van der Waals surface area contributed by atoms with Crippen LogP contribution in [0.5, 0.6) is 5.75 Å². The van der Waals surface area contributed by atoms with Crippen molar-refractivity contribution in [1.82, 2.24) is 0 Å². The molecule has 0 radical (unpaired) electrons. The summed E-state index contributed by atoms with van der Waals surface area (Å²) in [6.07, 6.45) is 4.03. The number of phenols is 1. The Hall–Kier alpha value is -0.670. The lowest BCUT2D eigenvalue weighted by atomic mass is 10.1. The molecule has 0 bridgehead atoms. The average Bonchev–Trinajstić information content (AvgIpc) is 2.85. The summed E-state index contributed by atoms with van der Waals surface area (Å²) in [6.45, 7) is 0. The van der Waals surface area contributed by atoms with Gasteiger partial charge in [0, 0.05) is 5.54 Å². The fourth-order valence-corrected chi connectivity index (χ4v) is 2.30. The molecule has 1 aliphatic rings. The lowest BCUT2D eigenvalue weighted by Crippen LogP contribution is -2.19. The van der Waals surface area contributed by atoms with Crippen molar-refractivity contribution in [3.8, 4) is 5.75 Å². The van der Waals surface area contributed by atoms with E-state index in [1.54, 1.807) is 17.8 Å². The Kier molecular flexibility index (Phi) is 2.00. The first-order chi connectivity index (χ1) is 6.17. The van der Waals surface area contributed by atoms with Crippen molar-refractivity contribution in [2.45, 2.75) is 23.3 Å². The molecule has 3 N–H and O–H groups in total. The second-order valence-corrected chi connectivity index (χ2v) is 4.33. The molecule has 0 spiro atoms. The van der Waals surface area contributed by atoms with E-state index >= 15 is 0 Å². The Morgan fingerprint density at radius 2 is 2.15 bits per heavy atom. The van der Waals surface area contributed by atoms with Gasteiger partial charge in [-0.2, -0.15) is 0 Å². The van der Waals surface area contributed by atoms with Gasteiger partial charge in [0.1, 0.15) is 5.75 Å². The van der Waals surface area contributed by atoms with Crippen LogP contribution < -0.4 is 5.73 Å². The van der Waals surface area contributed by atoms with Crippen molar-refractivity contribution < 1.29 is 5.11 Å². The van der Waals surface area contributed by atoms with Crippen LogP contribution in [-0.2, 0) is 5.54 Å². The first-order valence-electron chi connectivity index (χ1n) is 4.33. The Labute approximate surface area is 82.1 Å². The van der Waals surface area contributed by atoms with Gasteiger partial charge < -0.3 is 10.8 Å². The maximum atomic E-state index is 9.61. The van der Waals surface area contributed by atoms with E-state index in [1.807, 2.05) is 18.4 Å². The van der Waals surface area contributed by atoms with E-state index < -0.39 is 0 Å². The van der Waals surface area contributed by atoms with E-state index in [9.17, 15) is 5.11 Å². The van der Waals surface area contributed by atoms with Gasteiger partial charge in [-0.05, 0) is 30.7 Å². The predicted molar refractivity (Wildman–Crippen MR) is 55.0 cm³/mol. The molecule has 0 heterocycles. The maximum absolute atomic E-state index is 9.61. The second-order valence-electron chi connectivity index (χ2n) is 3.51. The molecule has 0 aliphatic heterocycles. The largest absolute Gasteiger partial charge is 0.507 e. The average molecular weight is 195 g/mol. The van der Waals surface area contributed by atoms with Gasteiger partial charge in [-0.1, -0.05) is 12.1 Å². The molecule has 0 amide bonds. The molecular weight excluding hydrogens is 182 g/mol. The third-order valence-corrected chi connectivity index (χ3v) is 3.36. The number of phenolic OH excluding ortho intramolecular Hbond substituents is 1. The summed E-state index contributed by atoms with van der Waals surface area (Å²) in [5.41, 5.74) is 7.03. The fraction of sp³-hybridized carbons (Fsp3) is 0.400. The van der Waals surface area contributed by atoms with E-state index in [0.29, 0.717) is 5.75 Å². The van der Waals surface area contributed by atoms with E-state index in [2.05, 4.69) is 0 Å². The Bertz CT molecular complexity index is 334. The van der Waals surface area contributed by atoms with Crippen molar-refractivity contribution in [1.29, 1.82) is 0 Å². The zero-order valence-electron chi connectivity index (χ0n) is 7.58. The molecule has 0 unspecified atom stereocenters. The SMILES string of the molecule is CSc1c(O)cccc1C1(N)CC1. The minimum absolute atomic E-state index is 0.156. The molecule has 3 heteroatoms. The van der Waals surface area contributed by atoms with Crippen LogP contribution in [0.15, 0.2) is 23.1 Å². The van der Waals surface area contributed by atoms with Gasteiger partial charge in [-0.15, -0.1) is 11.8 Å². The zero-order valence-corrected chi connectivity index (χ0v) is 8.40. The standard InChI is InChI=1S/C10H13NOS/c1-13-9-7(10(11)5-6-10)3-2-4-8(9)12/h2-4,12H,5-6,11H2,1H3. The number of nitrogens with two attached hydrogens (primary N) is 1. The van der Waals surface area contributed by atoms with Crippen molar-refractivity contribution >= 4 is 11.8 Å². The van der Waals surface area contributed by atoms with Crippen LogP contribution in [0.1, 0.15) is 18.4 Å². The highest BCUT2D eigenvalue weighted by molar-refractivity contribution is 7.98. The molecule has 0 saturated heterocycles. The Morgan fingerprint density at radius 3 is 2.69 bits per heavy atom. The summed E-state index contributed by atoms with van der Waals surface area (Å²) in [4.78, 5) is 0.933. The van der Waals surface area contributed by atoms with Crippen LogP contribution in [0.2, 0.25) is 0 Å². The lowest BCUT2D eigenvalue weighted by molar-refractivity contribution is 0.458. The van der Waals surface area contributed by atoms with E-state index in [4.69, 9.17) is 5.73 Å².